The molecule has 10 nitrogen and oxygen atoms in total. The number of hydrogen-bond donors (Lipinski definition) is 1. The molecule has 0 spiro atoms. The van der Waals surface area contributed by atoms with Crippen LogP contribution in [0.25, 0.3) is 0 Å². The van der Waals surface area contributed by atoms with Gasteiger partial charge in [-0.2, -0.15) is 0 Å². The molecule has 0 radical (unpaired) electrons. The molecule has 1 N–H and O–H groups in total. The fraction of sp³-hybridized carbons (Fsp3) is 0.278. The first-order valence-electron chi connectivity index (χ1n) is 8.74. The molecule has 0 aliphatic carbocycles. The highest BCUT2D eigenvalue weighted by Gasteiger charge is 2.24. The maximum Gasteiger partial charge on any atom is 0.338 e. The minimum Gasteiger partial charge on any atom is -0.452 e. The second kappa shape index (κ2) is 9.70. The number of hydrogen-bond acceptors (Lipinski definition) is 8. The molecule has 3 rings (SSSR count). The Morgan fingerprint density at radius 3 is 2.67 bits per heavy atom. The molecule has 0 bridgehead atoms. The van der Waals surface area contributed by atoms with Crippen LogP contribution in [0.15, 0.2) is 30.5 Å². The fourth-order valence-electron chi connectivity index (χ4n) is 2.76. The van der Waals surface area contributed by atoms with E-state index in [9.17, 15) is 19.7 Å². The maximum atomic E-state index is 12.3. The average molecular weight is 455 g/mol. The third-order valence-electron chi connectivity index (χ3n) is 4.16. The lowest BCUT2D eigenvalue weighted by molar-refractivity contribution is -0.384. The van der Waals surface area contributed by atoms with Crippen molar-refractivity contribution in [3.05, 3.63) is 56.2 Å². The fourth-order valence-corrected chi connectivity index (χ4v) is 3.18. The SMILES string of the molecule is O=C(COC(=O)c1ccc(N2CCOCC2)c([N+](=O)[O-])c1)Nc1ncc(Cl)cc1Cl. The number of aromatic nitrogens is 1. The van der Waals surface area contributed by atoms with Gasteiger partial charge >= 0.3 is 5.97 Å². The van der Waals surface area contributed by atoms with E-state index in [1.54, 1.807) is 0 Å². The number of morpholine rings is 1. The lowest BCUT2D eigenvalue weighted by Crippen LogP contribution is -2.36. The lowest BCUT2D eigenvalue weighted by Gasteiger charge is -2.28. The van der Waals surface area contributed by atoms with Crippen LogP contribution in [0.2, 0.25) is 10.0 Å². The minimum atomic E-state index is -0.878. The van der Waals surface area contributed by atoms with E-state index in [0.717, 1.165) is 6.07 Å². The van der Waals surface area contributed by atoms with E-state index < -0.39 is 23.4 Å². The molecule has 12 heteroatoms. The second-order valence-corrected chi connectivity index (χ2v) is 7.01. The molecule has 0 unspecified atom stereocenters. The Bertz CT molecular complexity index is 981. The number of halogens is 2. The van der Waals surface area contributed by atoms with Crippen LogP contribution in [0.4, 0.5) is 17.2 Å². The molecule has 0 atom stereocenters. The van der Waals surface area contributed by atoms with Crippen LogP contribution < -0.4 is 10.2 Å². The van der Waals surface area contributed by atoms with Crippen molar-refractivity contribution in [1.82, 2.24) is 4.98 Å². The highest BCUT2D eigenvalue weighted by Crippen LogP contribution is 2.30. The molecule has 1 fully saturated rings. The molecule has 0 saturated carbocycles. The van der Waals surface area contributed by atoms with Gasteiger partial charge in [-0.15, -0.1) is 0 Å². The first-order chi connectivity index (χ1) is 14.3. The number of nitro benzene ring substituents is 1. The molecule has 1 aromatic heterocycles. The second-order valence-electron chi connectivity index (χ2n) is 6.17. The third kappa shape index (κ3) is 5.35. The van der Waals surface area contributed by atoms with E-state index in [0.29, 0.717) is 37.0 Å². The van der Waals surface area contributed by atoms with Gasteiger partial charge in [0, 0.05) is 25.4 Å². The summed E-state index contributed by atoms with van der Waals surface area (Å²) < 4.78 is 10.2. The predicted molar refractivity (Wildman–Crippen MR) is 109 cm³/mol. The number of carbonyl (C=O) groups is 2. The standard InChI is InChI=1S/C18H16Cl2N4O6/c19-12-8-13(20)17(21-9-12)22-16(25)10-30-18(26)11-1-2-14(15(7-11)24(27)28)23-3-5-29-6-4-23/h1-2,7-9H,3-6,10H2,(H,21,22,25). The highest BCUT2D eigenvalue weighted by atomic mass is 35.5. The van der Waals surface area contributed by atoms with Crippen molar-refractivity contribution < 1.29 is 24.0 Å². The van der Waals surface area contributed by atoms with E-state index >= 15 is 0 Å². The summed E-state index contributed by atoms with van der Waals surface area (Å²) in [5, 5.41) is 14.3. The number of rotatable bonds is 6. The summed E-state index contributed by atoms with van der Waals surface area (Å²) in [6.45, 7) is 1.31. The number of nitrogens with zero attached hydrogens (tertiary/aromatic N) is 3. The predicted octanol–water partition coefficient (Wildman–Crippen LogP) is 2.93. The molecule has 1 saturated heterocycles. The van der Waals surface area contributed by atoms with E-state index in [4.69, 9.17) is 32.7 Å². The number of nitrogens with one attached hydrogen (secondary N) is 1. The van der Waals surface area contributed by atoms with Crippen LogP contribution in [-0.4, -0.2) is 54.7 Å². The highest BCUT2D eigenvalue weighted by molar-refractivity contribution is 6.36. The van der Waals surface area contributed by atoms with Crippen LogP contribution in [-0.2, 0) is 14.3 Å². The summed E-state index contributed by atoms with van der Waals surface area (Å²) >= 11 is 11.6. The maximum absolute atomic E-state index is 12.3. The van der Waals surface area contributed by atoms with Crippen molar-refractivity contribution in [2.24, 2.45) is 0 Å². The van der Waals surface area contributed by atoms with Gasteiger partial charge < -0.3 is 19.7 Å². The van der Waals surface area contributed by atoms with Crippen LogP contribution in [0.1, 0.15) is 10.4 Å². The van der Waals surface area contributed by atoms with Crippen molar-refractivity contribution in [2.75, 3.05) is 43.1 Å². The Kier molecular flexibility index (Phi) is 7.03. The van der Waals surface area contributed by atoms with Gasteiger partial charge in [0.15, 0.2) is 12.4 Å². The zero-order chi connectivity index (χ0) is 21.7. The molecule has 1 aromatic carbocycles. The lowest BCUT2D eigenvalue weighted by atomic mass is 10.1. The van der Waals surface area contributed by atoms with Crippen LogP contribution in [0.5, 0.6) is 0 Å². The van der Waals surface area contributed by atoms with Crippen LogP contribution in [0, 0.1) is 10.1 Å². The van der Waals surface area contributed by atoms with Crippen molar-refractivity contribution in [3.63, 3.8) is 0 Å². The largest absolute Gasteiger partial charge is 0.452 e. The average Bonchev–Trinajstić information content (AvgIpc) is 2.74. The number of ether oxygens (including phenoxy) is 2. The normalized spacial score (nSPS) is 13.6. The summed E-state index contributed by atoms with van der Waals surface area (Å²) in [6, 6.07) is 5.42. The number of carbonyl (C=O) groups excluding carboxylic acids is 2. The topological polar surface area (TPSA) is 124 Å². The number of esters is 1. The summed E-state index contributed by atoms with van der Waals surface area (Å²) in [5.41, 5.74) is 0.114. The molecule has 2 aromatic rings. The van der Waals surface area contributed by atoms with Crippen LogP contribution >= 0.6 is 23.2 Å². The van der Waals surface area contributed by atoms with Gasteiger partial charge in [0.05, 0.1) is 33.7 Å². The van der Waals surface area contributed by atoms with Gasteiger partial charge in [-0.1, -0.05) is 23.2 Å². The van der Waals surface area contributed by atoms with Crippen molar-refractivity contribution in [3.8, 4) is 0 Å². The Hall–Kier alpha value is -2.95. The number of nitro groups is 1. The van der Waals surface area contributed by atoms with Gasteiger partial charge in [-0.25, -0.2) is 9.78 Å². The number of anilines is 2. The Morgan fingerprint density at radius 2 is 2.00 bits per heavy atom. The third-order valence-corrected chi connectivity index (χ3v) is 4.65. The van der Waals surface area contributed by atoms with Gasteiger partial charge in [-0.05, 0) is 18.2 Å². The minimum absolute atomic E-state index is 0.0471. The smallest absolute Gasteiger partial charge is 0.338 e. The number of pyridine rings is 1. The van der Waals surface area contributed by atoms with E-state index in [2.05, 4.69) is 10.3 Å². The quantitative estimate of drug-likeness (QED) is 0.401. The zero-order valence-corrected chi connectivity index (χ0v) is 17.0. The molecule has 1 aliphatic heterocycles. The van der Waals surface area contributed by atoms with E-state index in [-0.39, 0.29) is 22.1 Å². The molecule has 1 amide bonds. The van der Waals surface area contributed by atoms with Gasteiger partial charge in [-0.3, -0.25) is 14.9 Å². The summed E-state index contributed by atoms with van der Waals surface area (Å²) in [5.74, 6) is -1.50. The summed E-state index contributed by atoms with van der Waals surface area (Å²) in [7, 11) is 0. The molecule has 1 aliphatic rings. The number of benzene rings is 1. The van der Waals surface area contributed by atoms with Crippen molar-refractivity contribution in [1.29, 1.82) is 0 Å². The monoisotopic (exact) mass is 454 g/mol. The Balaban J connectivity index is 1.65. The zero-order valence-electron chi connectivity index (χ0n) is 15.5. The first kappa shape index (κ1) is 21.8. The summed E-state index contributed by atoms with van der Waals surface area (Å²) in [4.78, 5) is 40.8. The van der Waals surface area contributed by atoms with Gasteiger partial charge in [0.25, 0.3) is 11.6 Å². The molecule has 158 valence electrons. The molecule has 30 heavy (non-hydrogen) atoms. The summed E-state index contributed by atoms with van der Waals surface area (Å²) in [6.07, 6.45) is 1.30. The number of amides is 1. The molecular weight excluding hydrogens is 439 g/mol. The van der Waals surface area contributed by atoms with E-state index in [1.165, 1.54) is 24.4 Å². The van der Waals surface area contributed by atoms with Gasteiger partial charge in [0.1, 0.15) is 5.69 Å². The van der Waals surface area contributed by atoms with Gasteiger partial charge in [0.2, 0.25) is 0 Å². The molecular formula is C18H16Cl2N4O6. The first-order valence-corrected chi connectivity index (χ1v) is 9.50. The van der Waals surface area contributed by atoms with Crippen LogP contribution in [0.3, 0.4) is 0 Å². The molecule has 2 heterocycles. The van der Waals surface area contributed by atoms with E-state index in [1.807, 2.05) is 4.90 Å². The van der Waals surface area contributed by atoms with Crippen molar-refractivity contribution >= 4 is 52.3 Å². The Labute approximate surface area is 180 Å². The van der Waals surface area contributed by atoms with Crippen molar-refractivity contribution in [2.45, 2.75) is 0 Å². The Morgan fingerprint density at radius 1 is 1.27 bits per heavy atom.